The van der Waals surface area contributed by atoms with E-state index in [0.29, 0.717) is 11.5 Å². The molecule has 0 aromatic heterocycles. The zero-order chi connectivity index (χ0) is 23.1. The van der Waals surface area contributed by atoms with Gasteiger partial charge in [-0.25, -0.2) is 9.59 Å². The minimum atomic E-state index is -1.06. The number of hydrogen-bond donors (Lipinski definition) is 4. The minimum absolute atomic E-state index is 0.0985. The van der Waals surface area contributed by atoms with Crippen LogP contribution in [0.2, 0.25) is 0 Å². The summed E-state index contributed by atoms with van der Waals surface area (Å²) in [7, 11) is 0. The summed E-state index contributed by atoms with van der Waals surface area (Å²) in [5, 5.41) is 23.6. The lowest BCUT2D eigenvalue weighted by atomic mass is 10.2. The molecule has 0 bridgehead atoms. The van der Waals surface area contributed by atoms with Gasteiger partial charge in [-0.3, -0.25) is 9.59 Å². The van der Waals surface area contributed by atoms with Crippen LogP contribution in [0.4, 0.5) is 11.4 Å². The first-order valence-corrected chi connectivity index (χ1v) is 9.60. The molecule has 0 aliphatic carbocycles. The van der Waals surface area contributed by atoms with Crippen LogP contribution in [-0.4, -0.2) is 48.5 Å². The molecule has 0 spiro atoms. The van der Waals surface area contributed by atoms with Crippen LogP contribution in [0, 0.1) is 0 Å². The lowest BCUT2D eigenvalue weighted by molar-refractivity contribution is 0.0685. The Morgan fingerprint density at radius 3 is 1.50 bits per heavy atom. The maximum atomic E-state index is 11.8. The number of ether oxygens (including phenoxy) is 2. The average Bonchev–Trinajstić information content (AvgIpc) is 2.79. The summed E-state index contributed by atoms with van der Waals surface area (Å²) < 4.78 is 10.9. The lowest BCUT2D eigenvalue weighted by Gasteiger charge is -2.15. The van der Waals surface area contributed by atoms with E-state index in [9.17, 15) is 19.2 Å². The molecular formula is C22H20N2O8. The molecule has 0 aliphatic rings. The van der Waals surface area contributed by atoms with E-state index in [1.165, 1.54) is 24.3 Å². The number of benzene rings is 2. The molecule has 0 aliphatic heterocycles. The molecule has 10 nitrogen and oxygen atoms in total. The van der Waals surface area contributed by atoms with Crippen molar-refractivity contribution in [3.05, 3.63) is 80.1 Å². The number of carboxylic acids is 2. The zero-order valence-electron chi connectivity index (χ0n) is 16.8. The molecule has 0 radical (unpaired) electrons. The molecule has 10 heteroatoms. The second kappa shape index (κ2) is 10.1. The standard InChI is InChI=1S/C22H20N2O8/c25-19-17(23-7-9-31-15-5-1-3-13(11-15)21(27)28)18(20(19)26)24-8-10-32-16-6-2-4-14(12-16)22(29)30/h1-6,11-12,23-24H,7-10H2,(H,27,28)(H,29,30). The van der Waals surface area contributed by atoms with E-state index in [1.54, 1.807) is 24.3 Å². The summed E-state index contributed by atoms with van der Waals surface area (Å²) in [5.74, 6) is -1.38. The van der Waals surface area contributed by atoms with Crippen molar-refractivity contribution in [2.75, 3.05) is 36.9 Å². The van der Waals surface area contributed by atoms with Crippen LogP contribution in [0.15, 0.2) is 58.1 Å². The molecule has 32 heavy (non-hydrogen) atoms. The summed E-state index contributed by atoms with van der Waals surface area (Å²) in [6, 6.07) is 12.0. The van der Waals surface area contributed by atoms with E-state index >= 15 is 0 Å². The van der Waals surface area contributed by atoms with Gasteiger partial charge in [0.15, 0.2) is 0 Å². The van der Waals surface area contributed by atoms with Crippen LogP contribution < -0.4 is 31.0 Å². The number of carbonyl (C=O) groups is 2. The van der Waals surface area contributed by atoms with Crippen LogP contribution in [0.5, 0.6) is 11.5 Å². The largest absolute Gasteiger partial charge is 0.492 e. The highest BCUT2D eigenvalue weighted by Gasteiger charge is 2.20. The van der Waals surface area contributed by atoms with Gasteiger partial charge in [0.2, 0.25) is 0 Å². The van der Waals surface area contributed by atoms with Gasteiger partial charge in [-0.1, -0.05) is 12.1 Å². The first-order chi connectivity index (χ1) is 15.4. The Kier molecular flexibility index (Phi) is 7.06. The molecule has 0 fully saturated rings. The van der Waals surface area contributed by atoms with E-state index in [0.717, 1.165) is 0 Å². The predicted molar refractivity (Wildman–Crippen MR) is 116 cm³/mol. The maximum Gasteiger partial charge on any atom is 0.335 e. The third-order valence-electron chi connectivity index (χ3n) is 4.42. The molecule has 0 saturated heterocycles. The van der Waals surface area contributed by atoms with Crippen molar-refractivity contribution in [2.24, 2.45) is 0 Å². The van der Waals surface area contributed by atoms with Gasteiger partial charge in [-0.2, -0.15) is 0 Å². The molecule has 3 rings (SSSR count). The third kappa shape index (κ3) is 5.42. The Labute approximate surface area is 181 Å². The van der Waals surface area contributed by atoms with Crippen molar-refractivity contribution >= 4 is 23.3 Å². The van der Waals surface area contributed by atoms with E-state index in [2.05, 4.69) is 10.6 Å². The number of aromatic carboxylic acids is 2. The maximum absolute atomic E-state index is 11.8. The Morgan fingerprint density at radius 1 is 0.719 bits per heavy atom. The summed E-state index contributed by atoms with van der Waals surface area (Å²) in [6.07, 6.45) is 0. The predicted octanol–water partition coefficient (Wildman–Crippen LogP) is 1.66. The number of carboxylic acid groups (broad SMARTS) is 2. The monoisotopic (exact) mass is 440 g/mol. The molecule has 0 saturated carbocycles. The normalized spacial score (nSPS) is 10.5. The molecular weight excluding hydrogens is 420 g/mol. The Bertz CT molecular complexity index is 1100. The van der Waals surface area contributed by atoms with Crippen molar-refractivity contribution in [3.63, 3.8) is 0 Å². The van der Waals surface area contributed by atoms with Crippen LogP contribution in [-0.2, 0) is 0 Å². The van der Waals surface area contributed by atoms with Crippen molar-refractivity contribution in [1.29, 1.82) is 0 Å². The summed E-state index contributed by atoms with van der Waals surface area (Å²) in [5.41, 5.74) is -0.801. The number of anilines is 2. The zero-order valence-corrected chi connectivity index (χ0v) is 16.8. The van der Waals surface area contributed by atoms with Crippen LogP contribution in [0.25, 0.3) is 0 Å². The van der Waals surface area contributed by atoms with E-state index in [4.69, 9.17) is 19.7 Å². The molecule has 0 unspecified atom stereocenters. The van der Waals surface area contributed by atoms with E-state index in [-0.39, 0.29) is 48.8 Å². The van der Waals surface area contributed by atoms with Gasteiger partial charge in [0.05, 0.1) is 11.1 Å². The SMILES string of the molecule is O=C(O)c1cccc(OCCNc2c(NCCOc3cccc(C(=O)O)c3)c(=O)c2=O)c1. The average molecular weight is 440 g/mol. The van der Waals surface area contributed by atoms with Gasteiger partial charge in [0.1, 0.15) is 36.1 Å². The number of nitrogens with one attached hydrogen (secondary N) is 2. The summed E-state index contributed by atoms with van der Waals surface area (Å²) >= 11 is 0. The fourth-order valence-corrected chi connectivity index (χ4v) is 2.86. The Hall–Kier alpha value is -4.34. The smallest absolute Gasteiger partial charge is 0.335 e. The summed E-state index contributed by atoms with van der Waals surface area (Å²) in [6.45, 7) is 0.722. The third-order valence-corrected chi connectivity index (χ3v) is 4.42. The Balaban J connectivity index is 1.45. The van der Waals surface area contributed by atoms with Gasteiger partial charge < -0.3 is 30.3 Å². The van der Waals surface area contributed by atoms with E-state index < -0.39 is 22.8 Å². The highest BCUT2D eigenvalue weighted by atomic mass is 16.5. The highest BCUT2D eigenvalue weighted by Crippen LogP contribution is 2.16. The number of rotatable bonds is 12. The fraction of sp³-hybridized carbons (Fsp3) is 0.182. The fourth-order valence-electron chi connectivity index (χ4n) is 2.86. The first-order valence-electron chi connectivity index (χ1n) is 9.60. The van der Waals surface area contributed by atoms with Crippen molar-refractivity contribution in [2.45, 2.75) is 0 Å². The Morgan fingerprint density at radius 2 is 1.12 bits per heavy atom. The first kappa shape index (κ1) is 22.3. The molecule has 3 aromatic carbocycles. The molecule has 0 amide bonds. The summed E-state index contributed by atoms with van der Waals surface area (Å²) in [4.78, 5) is 45.6. The second-order valence-electron chi connectivity index (χ2n) is 6.62. The van der Waals surface area contributed by atoms with Gasteiger partial charge in [0, 0.05) is 13.1 Å². The lowest BCUT2D eigenvalue weighted by Crippen LogP contribution is -2.38. The minimum Gasteiger partial charge on any atom is -0.492 e. The molecule has 0 atom stereocenters. The van der Waals surface area contributed by atoms with Crippen molar-refractivity contribution < 1.29 is 29.3 Å². The van der Waals surface area contributed by atoms with Crippen LogP contribution >= 0.6 is 0 Å². The van der Waals surface area contributed by atoms with E-state index in [1.807, 2.05) is 0 Å². The topological polar surface area (TPSA) is 151 Å². The van der Waals surface area contributed by atoms with Crippen molar-refractivity contribution in [3.8, 4) is 11.5 Å². The van der Waals surface area contributed by atoms with Gasteiger partial charge >= 0.3 is 11.9 Å². The quantitative estimate of drug-likeness (QED) is 0.242. The second-order valence-corrected chi connectivity index (χ2v) is 6.62. The molecule has 3 aromatic rings. The van der Waals surface area contributed by atoms with Crippen molar-refractivity contribution in [1.82, 2.24) is 0 Å². The highest BCUT2D eigenvalue weighted by molar-refractivity contribution is 5.88. The van der Waals surface area contributed by atoms with Gasteiger partial charge in [0.25, 0.3) is 10.9 Å². The number of hydrogen-bond acceptors (Lipinski definition) is 8. The van der Waals surface area contributed by atoms with Gasteiger partial charge in [-0.05, 0) is 36.4 Å². The molecule has 166 valence electrons. The van der Waals surface area contributed by atoms with Crippen LogP contribution in [0.3, 0.4) is 0 Å². The van der Waals surface area contributed by atoms with Crippen LogP contribution in [0.1, 0.15) is 20.7 Å². The molecule has 4 N–H and O–H groups in total. The molecule has 0 heterocycles. The van der Waals surface area contributed by atoms with Gasteiger partial charge in [-0.15, -0.1) is 0 Å².